The van der Waals surface area contributed by atoms with Crippen LogP contribution < -0.4 is 16.8 Å². The second-order valence-corrected chi connectivity index (χ2v) is 7.16. The van der Waals surface area contributed by atoms with E-state index in [2.05, 4.69) is 16.9 Å². The number of aromatic nitrogens is 1. The lowest BCUT2D eigenvalue weighted by atomic mass is 9.85. The predicted octanol–water partition coefficient (Wildman–Crippen LogP) is 3.59. The van der Waals surface area contributed by atoms with E-state index in [0.29, 0.717) is 34.9 Å². The molecule has 2 aromatic rings. The van der Waals surface area contributed by atoms with Crippen LogP contribution in [-0.4, -0.2) is 16.6 Å². The van der Waals surface area contributed by atoms with Gasteiger partial charge in [0, 0.05) is 28.7 Å². The van der Waals surface area contributed by atoms with Crippen molar-refractivity contribution in [1.82, 2.24) is 4.98 Å². The maximum atomic E-state index is 14.4. The molecule has 0 aliphatic heterocycles. The summed E-state index contributed by atoms with van der Waals surface area (Å²) in [5.74, 6) is -0.136. The molecule has 0 fully saturated rings. The summed E-state index contributed by atoms with van der Waals surface area (Å²) in [4.78, 5) is 16.3. The number of amides is 1. The molecule has 0 spiro atoms. The first-order chi connectivity index (χ1) is 12.4. The first-order valence-electron chi connectivity index (χ1n) is 8.24. The fraction of sp³-hybridized carbons (Fsp3) is 0.263. The van der Waals surface area contributed by atoms with E-state index in [1.807, 2.05) is 6.92 Å². The second-order valence-electron chi connectivity index (χ2n) is 5.94. The molecule has 26 heavy (non-hydrogen) atoms. The number of nitrogens with two attached hydrogens (primary N) is 2. The lowest BCUT2D eigenvalue weighted by Crippen LogP contribution is -2.37. The van der Waals surface area contributed by atoms with Gasteiger partial charge in [-0.05, 0) is 43.2 Å². The van der Waals surface area contributed by atoms with Gasteiger partial charge in [0.05, 0.1) is 5.03 Å². The zero-order chi connectivity index (χ0) is 19.2. The molecule has 0 saturated carbocycles. The van der Waals surface area contributed by atoms with E-state index in [1.54, 1.807) is 24.3 Å². The number of rotatable bonds is 8. The molecule has 1 aromatic heterocycles. The number of thioether (sulfide) groups is 1. The van der Waals surface area contributed by atoms with Crippen LogP contribution in [0.4, 0.5) is 10.1 Å². The molecule has 1 atom stereocenters. The van der Waals surface area contributed by atoms with Crippen molar-refractivity contribution >= 4 is 23.4 Å². The van der Waals surface area contributed by atoms with Crippen LogP contribution in [0.1, 0.15) is 35.8 Å². The molecular weight excluding hydrogens is 351 g/mol. The van der Waals surface area contributed by atoms with Crippen LogP contribution in [-0.2, 0) is 5.54 Å². The third kappa shape index (κ3) is 5.06. The Bertz CT molecular complexity index is 784. The van der Waals surface area contributed by atoms with E-state index in [-0.39, 0.29) is 11.6 Å². The number of carbonyl (C=O) groups is 1. The standard InChI is InChI=1S/C19H23FN4OS/c1-3-19(22,9-11-26-13(2)21)15-12-14(7-8-16(15)20)24-18(25)17-6-4-5-10-23-17/h4-8,10,12H,2-3,9,11,21-22H2,1H3,(H,24,25)/t19-/m0/s1. The molecule has 0 bridgehead atoms. The highest BCUT2D eigenvalue weighted by atomic mass is 32.2. The van der Waals surface area contributed by atoms with Crippen LogP contribution in [0.25, 0.3) is 0 Å². The Kier molecular flexibility index (Phi) is 6.76. The molecule has 5 nitrogen and oxygen atoms in total. The first kappa shape index (κ1) is 19.9. The van der Waals surface area contributed by atoms with Crippen molar-refractivity contribution in [1.29, 1.82) is 0 Å². The summed E-state index contributed by atoms with van der Waals surface area (Å²) in [6.07, 6.45) is 2.61. The predicted molar refractivity (Wildman–Crippen MR) is 105 cm³/mol. The van der Waals surface area contributed by atoms with Gasteiger partial charge in [-0.1, -0.05) is 19.6 Å². The minimum atomic E-state index is -0.863. The number of nitrogens with zero attached hydrogens (tertiary/aromatic N) is 1. The van der Waals surface area contributed by atoms with Crippen molar-refractivity contribution < 1.29 is 9.18 Å². The molecule has 138 valence electrons. The van der Waals surface area contributed by atoms with E-state index >= 15 is 0 Å². The van der Waals surface area contributed by atoms with E-state index in [1.165, 1.54) is 30.1 Å². The molecule has 7 heteroatoms. The number of hydrogen-bond donors (Lipinski definition) is 3. The lowest BCUT2D eigenvalue weighted by molar-refractivity contribution is 0.102. The van der Waals surface area contributed by atoms with Gasteiger partial charge in [0.15, 0.2) is 0 Å². The minimum Gasteiger partial charge on any atom is -0.394 e. The number of pyridine rings is 1. The Hall–Kier alpha value is -2.38. The molecular formula is C19H23FN4OS. The van der Waals surface area contributed by atoms with Gasteiger partial charge in [-0.2, -0.15) is 0 Å². The van der Waals surface area contributed by atoms with E-state index in [9.17, 15) is 9.18 Å². The summed E-state index contributed by atoms with van der Waals surface area (Å²) in [6.45, 7) is 5.54. The summed E-state index contributed by atoms with van der Waals surface area (Å²) in [7, 11) is 0. The Morgan fingerprint density at radius 3 is 2.77 bits per heavy atom. The van der Waals surface area contributed by atoms with Gasteiger partial charge in [0.25, 0.3) is 5.91 Å². The van der Waals surface area contributed by atoms with Gasteiger partial charge in [-0.3, -0.25) is 9.78 Å². The van der Waals surface area contributed by atoms with Crippen molar-refractivity contribution in [2.75, 3.05) is 11.1 Å². The normalized spacial score (nSPS) is 13.0. The van der Waals surface area contributed by atoms with Crippen molar-refractivity contribution in [2.24, 2.45) is 11.5 Å². The Balaban J connectivity index is 2.22. The summed E-state index contributed by atoms with van der Waals surface area (Å²) < 4.78 is 14.4. The summed E-state index contributed by atoms with van der Waals surface area (Å²) >= 11 is 1.39. The Morgan fingerprint density at radius 2 is 2.15 bits per heavy atom. The van der Waals surface area contributed by atoms with Crippen LogP contribution in [0.3, 0.4) is 0 Å². The fourth-order valence-electron chi connectivity index (χ4n) is 2.54. The monoisotopic (exact) mass is 374 g/mol. The zero-order valence-corrected chi connectivity index (χ0v) is 15.5. The lowest BCUT2D eigenvalue weighted by Gasteiger charge is -2.29. The zero-order valence-electron chi connectivity index (χ0n) is 14.7. The summed E-state index contributed by atoms with van der Waals surface area (Å²) in [6, 6.07) is 9.47. The Labute approximate surface area is 157 Å². The average Bonchev–Trinajstić information content (AvgIpc) is 2.63. The van der Waals surface area contributed by atoms with Crippen molar-refractivity contribution in [2.45, 2.75) is 25.3 Å². The van der Waals surface area contributed by atoms with Gasteiger partial charge in [0.1, 0.15) is 11.5 Å². The number of halogens is 1. The van der Waals surface area contributed by atoms with Crippen molar-refractivity contribution in [3.05, 3.63) is 71.3 Å². The molecule has 0 radical (unpaired) electrons. The van der Waals surface area contributed by atoms with Gasteiger partial charge in [0.2, 0.25) is 0 Å². The average molecular weight is 374 g/mol. The van der Waals surface area contributed by atoms with E-state index < -0.39 is 11.4 Å². The van der Waals surface area contributed by atoms with Gasteiger partial charge >= 0.3 is 0 Å². The molecule has 0 aliphatic rings. The molecule has 0 aliphatic carbocycles. The van der Waals surface area contributed by atoms with Gasteiger partial charge < -0.3 is 16.8 Å². The highest BCUT2D eigenvalue weighted by Crippen LogP contribution is 2.32. The summed E-state index contributed by atoms with van der Waals surface area (Å²) in [5.41, 5.74) is 12.3. The van der Waals surface area contributed by atoms with Crippen LogP contribution in [0.15, 0.2) is 54.2 Å². The smallest absolute Gasteiger partial charge is 0.274 e. The molecule has 1 heterocycles. The van der Waals surface area contributed by atoms with Crippen LogP contribution in [0.2, 0.25) is 0 Å². The molecule has 1 aromatic carbocycles. The number of carbonyl (C=O) groups excluding carboxylic acids is 1. The quantitative estimate of drug-likeness (QED) is 0.656. The number of benzene rings is 1. The third-order valence-corrected chi connectivity index (χ3v) is 4.90. The molecule has 0 saturated heterocycles. The van der Waals surface area contributed by atoms with E-state index in [0.717, 1.165) is 0 Å². The van der Waals surface area contributed by atoms with Crippen LogP contribution in [0.5, 0.6) is 0 Å². The minimum absolute atomic E-state index is 0.283. The number of nitrogens with one attached hydrogen (secondary N) is 1. The molecule has 2 rings (SSSR count). The van der Waals surface area contributed by atoms with Crippen molar-refractivity contribution in [3.63, 3.8) is 0 Å². The van der Waals surface area contributed by atoms with Gasteiger partial charge in [-0.25, -0.2) is 4.39 Å². The highest BCUT2D eigenvalue weighted by molar-refractivity contribution is 8.02. The highest BCUT2D eigenvalue weighted by Gasteiger charge is 2.28. The fourth-order valence-corrected chi connectivity index (χ4v) is 3.27. The maximum Gasteiger partial charge on any atom is 0.274 e. The van der Waals surface area contributed by atoms with Crippen LogP contribution in [0, 0.1) is 5.82 Å². The SMILES string of the molecule is C=C(N)SCC[C@@](N)(CC)c1cc(NC(=O)c2ccccn2)ccc1F. The van der Waals surface area contributed by atoms with Crippen LogP contribution >= 0.6 is 11.8 Å². The molecule has 5 N–H and O–H groups in total. The topological polar surface area (TPSA) is 94.0 Å². The second kappa shape index (κ2) is 8.82. The largest absolute Gasteiger partial charge is 0.394 e. The third-order valence-electron chi connectivity index (χ3n) is 4.12. The first-order valence-corrected chi connectivity index (χ1v) is 9.23. The van der Waals surface area contributed by atoms with Crippen molar-refractivity contribution in [3.8, 4) is 0 Å². The molecule has 0 unspecified atom stereocenters. The van der Waals surface area contributed by atoms with Gasteiger partial charge in [-0.15, -0.1) is 11.8 Å². The Morgan fingerprint density at radius 1 is 1.38 bits per heavy atom. The number of anilines is 1. The number of hydrogen-bond acceptors (Lipinski definition) is 5. The van der Waals surface area contributed by atoms with E-state index in [4.69, 9.17) is 11.5 Å². The summed E-state index contributed by atoms with van der Waals surface area (Å²) in [5, 5.41) is 3.23. The maximum absolute atomic E-state index is 14.4. The molecule has 1 amide bonds.